The van der Waals surface area contributed by atoms with Crippen molar-refractivity contribution in [2.45, 2.75) is 161 Å². The monoisotopic (exact) mass is 867 g/mol. The van der Waals surface area contributed by atoms with Gasteiger partial charge in [0.2, 0.25) is 0 Å². The first-order chi connectivity index (χ1) is 31.9. The van der Waals surface area contributed by atoms with Gasteiger partial charge in [-0.15, -0.1) is 0 Å². The van der Waals surface area contributed by atoms with Gasteiger partial charge in [0.15, 0.2) is 0 Å². The van der Waals surface area contributed by atoms with Gasteiger partial charge in [-0.3, -0.25) is 9.59 Å². The van der Waals surface area contributed by atoms with E-state index in [1.54, 1.807) is 0 Å². The summed E-state index contributed by atoms with van der Waals surface area (Å²) in [6, 6.07) is 39.8. The van der Waals surface area contributed by atoms with E-state index >= 15 is 0 Å². The van der Waals surface area contributed by atoms with E-state index in [0.29, 0.717) is 36.2 Å². The lowest BCUT2D eigenvalue weighted by molar-refractivity contribution is -0.135. The third kappa shape index (κ3) is 10.7. The van der Waals surface area contributed by atoms with Crippen LogP contribution in [-0.2, 0) is 9.59 Å². The van der Waals surface area contributed by atoms with E-state index in [-0.39, 0.29) is 11.9 Å². The Labute approximate surface area is 388 Å². The van der Waals surface area contributed by atoms with E-state index in [0.717, 1.165) is 101 Å². The highest BCUT2D eigenvalue weighted by Gasteiger charge is 2.25. The Balaban J connectivity index is 1.09. The van der Waals surface area contributed by atoms with Gasteiger partial charge in [0.05, 0.1) is 0 Å². The molecule has 0 saturated heterocycles. The average molecular weight is 867 g/mol. The molecule has 0 N–H and O–H groups in total. The number of benzene rings is 6. The van der Waals surface area contributed by atoms with Crippen LogP contribution < -0.4 is 9.47 Å². The van der Waals surface area contributed by atoms with Crippen molar-refractivity contribution in [3.8, 4) is 44.9 Å². The zero-order valence-corrected chi connectivity index (χ0v) is 39.2. The maximum absolute atomic E-state index is 13.6. The van der Waals surface area contributed by atoms with Gasteiger partial charge in [0, 0.05) is 24.0 Å². The van der Waals surface area contributed by atoms with Gasteiger partial charge in [0.1, 0.15) is 11.5 Å². The highest BCUT2D eigenvalue weighted by atomic mass is 16.5. The molecule has 0 spiro atoms. The summed E-state index contributed by atoms with van der Waals surface area (Å²) in [4.78, 5) is 27.3. The molecule has 6 aromatic carbocycles. The van der Waals surface area contributed by atoms with E-state index in [4.69, 9.17) is 9.47 Å². The molecule has 1 aliphatic heterocycles. The SMILES string of the molecule is CCCC1CCC(c2ccc(-c3ccc4c5c(ccc4c3)OC(=O)CCCCCCCCCC(=O)Oc3ccc4cc(-c6ccc(C7CCC(CCC)CC7)cc6)ccc4c3-5)cc2)CC1. The van der Waals surface area contributed by atoms with Crippen molar-refractivity contribution < 1.29 is 19.1 Å². The van der Waals surface area contributed by atoms with Gasteiger partial charge in [-0.25, -0.2) is 0 Å². The number of rotatable bonds is 8. The molecule has 0 radical (unpaired) electrons. The summed E-state index contributed by atoms with van der Waals surface area (Å²) in [7, 11) is 0. The van der Waals surface area contributed by atoms with Crippen molar-refractivity contribution in [2.24, 2.45) is 11.8 Å². The quantitative estimate of drug-likeness (QED) is 0.113. The summed E-state index contributed by atoms with van der Waals surface area (Å²) in [6.45, 7) is 4.62. The molecule has 1 heterocycles. The van der Waals surface area contributed by atoms with Gasteiger partial charge in [-0.2, -0.15) is 0 Å². The number of ether oxygens (including phenoxy) is 2. The first kappa shape index (κ1) is 45.0. The molecule has 6 aromatic rings. The molecule has 4 nitrogen and oxygen atoms in total. The van der Waals surface area contributed by atoms with Gasteiger partial charge in [0.25, 0.3) is 0 Å². The predicted molar refractivity (Wildman–Crippen MR) is 270 cm³/mol. The van der Waals surface area contributed by atoms with E-state index in [9.17, 15) is 9.59 Å². The molecule has 2 saturated carbocycles. The van der Waals surface area contributed by atoms with E-state index < -0.39 is 0 Å². The number of esters is 2. The van der Waals surface area contributed by atoms with Crippen molar-refractivity contribution in [3.05, 3.63) is 120 Å². The molecule has 0 atom stereocenters. The van der Waals surface area contributed by atoms with Gasteiger partial charge in [-0.1, -0.05) is 157 Å². The fourth-order valence-corrected chi connectivity index (χ4v) is 11.7. The second kappa shape index (κ2) is 21.4. The van der Waals surface area contributed by atoms with Crippen LogP contribution >= 0.6 is 0 Å². The van der Waals surface area contributed by atoms with E-state index in [2.05, 4.69) is 111 Å². The number of fused-ring (bicyclic) bond motifs is 7. The Morgan fingerprint density at radius 3 is 1.17 bits per heavy atom. The maximum atomic E-state index is 13.6. The van der Waals surface area contributed by atoms with Gasteiger partial charge >= 0.3 is 11.9 Å². The highest BCUT2D eigenvalue weighted by Crippen LogP contribution is 2.48. The molecule has 2 fully saturated rings. The molecule has 0 bridgehead atoms. The summed E-state index contributed by atoms with van der Waals surface area (Å²) in [6.07, 6.45) is 23.4. The largest absolute Gasteiger partial charge is 0.426 e. The Morgan fingerprint density at radius 1 is 0.415 bits per heavy atom. The first-order valence-corrected chi connectivity index (χ1v) is 25.7. The van der Waals surface area contributed by atoms with Crippen LogP contribution in [0.1, 0.15) is 172 Å². The van der Waals surface area contributed by atoms with Crippen LogP contribution in [0.2, 0.25) is 0 Å². The molecule has 0 amide bonds. The van der Waals surface area contributed by atoms with Crippen molar-refractivity contribution >= 4 is 33.5 Å². The molecule has 338 valence electrons. The molecule has 3 aliphatic rings. The molecule has 4 heteroatoms. The molecule has 0 unspecified atom stereocenters. The minimum Gasteiger partial charge on any atom is -0.426 e. The molecule has 0 aromatic heterocycles. The van der Waals surface area contributed by atoms with Crippen LogP contribution in [0.4, 0.5) is 0 Å². The van der Waals surface area contributed by atoms with Crippen LogP contribution in [0.25, 0.3) is 54.9 Å². The van der Waals surface area contributed by atoms with Crippen LogP contribution in [0.5, 0.6) is 11.5 Å². The van der Waals surface area contributed by atoms with Crippen LogP contribution in [0.15, 0.2) is 109 Å². The number of hydrogen-bond acceptors (Lipinski definition) is 4. The molecule has 65 heavy (non-hydrogen) atoms. The van der Waals surface area contributed by atoms with E-state index in [1.807, 2.05) is 12.1 Å². The summed E-state index contributed by atoms with van der Waals surface area (Å²) in [5, 5.41) is 3.97. The van der Waals surface area contributed by atoms with Crippen LogP contribution in [-0.4, -0.2) is 11.9 Å². The Bertz CT molecular complexity index is 2370. The highest BCUT2D eigenvalue weighted by molar-refractivity contribution is 6.11. The second-order valence-corrected chi connectivity index (χ2v) is 19.9. The normalized spacial score (nSPS) is 21.5. The van der Waals surface area contributed by atoms with Gasteiger partial charge < -0.3 is 9.47 Å². The van der Waals surface area contributed by atoms with Crippen molar-refractivity contribution in [3.63, 3.8) is 0 Å². The zero-order chi connectivity index (χ0) is 44.5. The number of carbonyl (C=O) groups is 2. The fourth-order valence-electron chi connectivity index (χ4n) is 11.7. The summed E-state index contributed by atoms with van der Waals surface area (Å²) >= 11 is 0. The standard InChI is InChI=1S/C61H70O4/c1-3-12-42-16-20-44(21-17-42)46-24-28-48(29-25-46)50-32-36-54-52(40-50)34-38-56-60(54)61-55-37-33-51(49-30-26-47(27-31-49)45-22-18-43(13-4-2)19-23-45)41-53(55)35-39-57(61)65-59(63)15-11-9-7-5-6-8-10-14-58(62)64-56/h24-45H,3-23H2,1-2H3. The fraction of sp³-hybridized carbons (Fsp3) is 0.443. The topological polar surface area (TPSA) is 52.6 Å². The lowest BCUT2D eigenvalue weighted by atomic mass is 9.77. The average Bonchev–Trinajstić information content (AvgIpc) is 3.34. The molecule has 2 aliphatic carbocycles. The third-order valence-electron chi connectivity index (χ3n) is 15.4. The van der Waals surface area contributed by atoms with Gasteiger partial charge in [-0.05, 0) is 167 Å². The second-order valence-electron chi connectivity index (χ2n) is 19.9. The van der Waals surface area contributed by atoms with E-state index in [1.165, 1.54) is 99.3 Å². The lowest BCUT2D eigenvalue weighted by Gasteiger charge is -2.28. The van der Waals surface area contributed by atoms with Crippen molar-refractivity contribution in [1.29, 1.82) is 0 Å². The zero-order valence-electron chi connectivity index (χ0n) is 39.2. The Hall–Kier alpha value is -5.22. The minimum absolute atomic E-state index is 0.232. The first-order valence-electron chi connectivity index (χ1n) is 25.7. The lowest BCUT2D eigenvalue weighted by Crippen LogP contribution is -2.13. The summed E-state index contributed by atoms with van der Waals surface area (Å²) < 4.78 is 12.7. The number of hydrogen-bond donors (Lipinski definition) is 0. The smallest absolute Gasteiger partial charge is 0.311 e. The molecular formula is C61H70O4. The Kier molecular flexibility index (Phi) is 14.8. The molecular weight excluding hydrogens is 797 g/mol. The van der Waals surface area contributed by atoms with Crippen LogP contribution in [0, 0.1) is 11.8 Å². The molecule has 9 rings (SSSR count). The summed E-state index contributed by atoms with van der Waals surface area (Å²) in [5.41, 5.74) is 9.12. The minimum atomic E-state index is -0.232. The maximum Gasteiger partial charge on any atom is 0.311 e. The summed E-state index contributed by atoms with van der Waals surface area (Å²) in [5.74, 6) is 3.61. The van der Waals surface area contributed by atoms with Crippen molar-refractivity contribution in [1.82, 2.24) is 0 Å². The predicted octanol–water partition coefficient (Wildman–Crippen LogP) is 17.5. The third-order valence-corrected chi connectivity index (χ3v) is 15.4. The number of carbonyl (C=O) groups excluding carboxylic acids is 2. The van der Waals surface area contributed by atoms with Crippen molar-refractivity contribution in [2.75, 3.05) is 0 Å². The van der Waals surface area contributed by atoms with Crippen LogP contribution in [0.3, 0.4) is 0 Å². The Morgan fingerprint density at radius 2 is 0.785 bits per heavy atom.